The number of rotatable bonds is 6. The zero-order chi connectivity index (χ0) is 15.2. The van der Waals surface area contributed by atoms with Crippen molar-refractivity contribution in [3.8, 4) is 0 Å². The lowest BCUT2D eigenvalue weighted by Crippen LogP contribution is -2.50. The Morgan fingerprint density at radius 2 is 1.70 bits per heavy atom. The first-order valence-corrected chi connectivity index (χ1v) is 8.51. The Morgan fingerprint density at radius 3 is 2.20 bits per heavy atom. The summed E-state index contributed by atoms with van der Waals surface area (Å²) in [5.74, 6) is 1.68. The van der Waals surface area contributed by atoms with E-state index < -0.39 is 0 Å². The lowest BCUT2D eigenvalue weighted by Gasteiger charge is -2.37. The van der Waals surface area contributed by atoms with Gasteiger partial charge in [0.1, 0.15) is 5.78 Å². The lowest BCUT2D eigenvalue weighted by molar-refractivity contribution is -0.132. The highest BCUT2D eigenvalue weighted by Crippen LogP contribution is 2.16. The third kappa shape index (κ3) is 7.29. The second-order valence-electron chi connectivity index (χ2n) is 6.72. The minimum absolute atomic E-state index is 0.179. The minimum Gasteiger partial charge on any atom is -0.340 e. The molecule has 0 aromatic rings. The van der Waals surface area contributed by atoms with Crippen molar-refractivity contribution in [2.45, 2.75) is 34.1 Å². The van der Waals surface area contributed by atoms with Crippen LogP contribution in [0.1, 0.15) is 34.1 Å². The van der Waals surface area contributed by atoms with Gasteiger partial charge in [-0.05, 0) is 12.3 Å². The zero-order valence-electron chi connectivity index (χ0n) is 13.3. The van der Waals surface area contributed by atoms with Crippen LogP contribution < -0.4 is 0 Å². The predicted molar refractivity (Wildman–Crippen MR) is 85.1 cm³/mol. The van der Waals surface area contributed by atoms with Gasteiger partial charge in [-0.3, -0.25) is 14.5 Å². The molecule has 0 spiro atoms. The van der Waals surface area contributed by atoms with Crippen LogP contribution in [0.15, 0.2) is 0 Å². The van der Waals surface area contributed by atoms with Crippen LogP contribution in [-0.2, 0) is 9.59 Å². The molecule has 5 heteroatoms. The molecule has 0 saturated carbocycles. The molecule has 1 fully saturated rings. The maximum Gasteiger partial charge on any atom is 0.223 e. The van der Waals surface area contributed by atoms with E-state index in [0.717, 1.165) is 38.5 Å². The monoisotopic (exact) mass is 300 g/mol. The molecule has 1 saturated heterocycles. The predicted octanol–water partition coefficient (Wildman–Crippen LogP) is 1.89. The molecule has 1 amide bonds. The normalized spacial score (nSPS) is 17.3. The molecule has 1 heterocycles. The van der Waals surface area contributed by atoms with Gasteiger partial charge >= 0.3 is 0 Å². The summed E-state index contributed by atoms with van der Waals surface area (Å²) >= 11 is 1.55. The summed E-state index contributed by atoms with van der Waals surface area (Å²) < 4.78 is 0. The van der Waals surface area contributed by atoms with Crippen LogP contribution in [0.4, 0.5) is 0 Å². The highest BCUT2D eigenvalue weighted by atomic mass is 32.2. The van der Waals surface area contributed by atoms with Crippen molar-refractivity contribution in [1.82, 2.24) is 9.80 Å². The van der Waals surface area contributed by atoms with E-state index in [2.05, 4.69) is 25.7 Å². The Balaban J connectivity index is 2.20. The number of piperazine rings is 1. The molecule has 0 radical (unpaired) electrons. The van der Waals surface area contributed by atoms with Crippen LogP contribution in [0.3, 0.4) is 0 Å². The van der Waals surface area contributed by atoms with Crippen molar-refractivity contribution in [2.24, 2.45) is 5.41 Å². The average molecular weight is 300 g/mol. The standard InChI is InChI=1S/C15H28N2O2S/c1-13(18)11-20-10-5-14(19)17-8-6-16(7-9-17)12-15(2,3)4/h5-12H2,1-4H3. The summed E-state index contributed by atoms with van der Waals surface area (Å²) in [7, 11) is 0. The molecule has 116 valence electrons. The molecule has 0 aromatic carbocycles. The molecule has 1 rings (SSSR count). The Hall–Kier alpha value is -0.550. The largest absolute Gasteiger partial charge is 0.340 e. The molecular formula is C15H28N2O2S. The second kappa shape index (κ2) is 8.03. The first kappa shape index (κ1) is 17.5. The molecule has 0 N–H and O–H groups in total. The highest BCUT2D eigenvalue weighted by Gasteiger charge is 2.23. The zero-order valence-corrected chi connectivity index (χ0v) is 14.1. The number of ketones is 1. The Kier molecular flexibility index (Phi) is 7.03. The van der Waals surface area contributed by atoms with Crippen LogP contribution >= 0.6 is 11.8 Å². The van der Waals surface area contributed by atoms with E-state index in [0.29, 0.717) is 17.6 Å². The van der Waals surface area contributed by atoms with Gasteiger partial charge in [0.15, 0.2) is 0 Å². The maximum absolute atomic E-state index is 12.0. The molecule has 0 atom stereocenters. The van der Waals surface area contributed by atoms with Crippen LogP contribution in [0.5, 0.6) is 0 Å². The minimum atomic E-state index is 0.179. The van der Waals surface area contributed by atoms with Crippen LogP contribution in [0.2, 0.25) is 0 Å². The van der Waals surface area contributed by atoms with E-state index in [4.69, 9.17) is 0 Å². The first-order chi connectivity index (χ1) is 9.28. The molecule has 4 nitrogen and oxygen atoms in total. The third-order valence-electron chi connectivity index (χ3n) is 3.19. The van der Waals surface area contributed by atoms with Crippen molar-refractivity contribution < 1.29 is 9.59 Å². The fourth-order valence-electron chi connectivity index (χ4n) is 2.36. The van der Waals surface area contributed by atoms with Gasteiger partial charge < -0.3 is 4.90 Å². The molecule has 0 bridgehead atoms. The van der Waals surface area contributed by atoms with Crippen molar-refractivity contribution in [3.05, 3.63) is 0 Å². The number of nitrogens with zero attached hydrogens (tertiary/aromatic N) is 2. The van der Waals surface area contributed by atoms with E-state index in [9.17, 15) is 9.59 Å². The summed E-state index contributed by atoms with van der Waals surface area (Å²) in [6.45, 7) is 13.0. The van der Waals surface area contributed by atoms with Crippen molar-refractivity contribution in [3.63, 3.8) is 0 Å². The number of amides is 1. The van der Waals surface area contributed by atoms with E-state index in [1.54, 1.807) is 18.7 Å². The Bertz CT molecular complexity index is 331. The van der Waals surface area contributed by atoms with E-state index in [1.165, 1.54) is 0 Å². The van der Waals surface area contributed by atoms with Crippen molar-refractivity contribution in [1.29, 1.82) is 0 Å². The Labute approximate surface area is 127 Å². The lowest BCUT2D eigenvalue weighted by atomic mass is 9.96. The molecule has 1 aliphatic heterocycles. The first-order valence-electron chi connectivity index (χ1n) is 7.35. The quantitative estimate of drug-likeness (QED) is 0.702. The topological polar surface area (TPSA) is 40.6 Å². The molecule has 20 heavy (non-hydrogen) atoms. The van der Waals surface area contributed by atoms with Crippen LogP contribution in [-0.4, -0.2) is 65.7 Å². The number of hydrogen-bond acceptors (Lipinski definition) is 4. The summed E-state index contributed by atoms with van der Waals surface area (Å²) in [5.41, 5.74) is 0.315. The summed E-state index contributed by atoms with van der Waals surface area (Å²) in [6.07, 6.45) is 0.553. The number of thioether (sulfide) groups is 1. The molecule has 0 aromatic heterocycles. The SMILES string of the molecule is CC(=O)CSCCC(=O)N1CCN(CC(C)(C)C)CC1. The molecule has 0 unspecified atom stereocenters. The third-order valence-corrected chi connectivity index (χ3v) is 4.29. The van der Waals surface area contributed by atoms with Crippen LogP contribution in [0.25, 0.3) is 0 Å². The van der Waals surface area contributed by atoms with Gasteiger partial charge in [-0.2, -0.15) is 11.8 Å². The van der Waals surface area contributed by atoms with Crippen molar-refractivity contribution in [2.75, 3.05) is 44.2 Å². The van der Waals surface area contributed by atoms with Gasteiger partial charge in [-0.25, -0.2) is 0 Å². The van der Waals surface area contributed by atoms with E-state index >= 15 is 0 Å². The number of Topliss-reactive ketones (excluding diaryl/α,β-unsaturated/α-hetero) is 1. The molecule has 1 aliphatic rings. The highest BCUT2D eigenvalue weighted by molar-refractivity contribution is 7.99. The van der Waals surface area contributed by atoms with E-state index in [-0.39, 0.29) is 11.7 Å². The Morgan fingerprint density at radius 1 is 1.10 bits per heavy atom. The second-order valence-corrected chi connectivity index (χ2v) is 7.83. The molecule has 0 aliphatic carbocycles. The summed E-state index contributed by atoms with van der Waals surface area (Å²) in [5, 5.41) is 0. The number of carbonyl (C=O) groups is 2. The van der Waals surface area contributed by atoms with Gasteiger partial charge in [0.05, 0.1) is 5.75 Å². The number of hydrogen-bond donors (Lipinski definition) is 0. The van der Waals surface area contributed by atoms with Crippen molar-refractivity contribution >= 4 is 23.5 Å². The fraction of sp³-hybridized carbons (Fsp3) is 0.867. The maximum atomic E-state index is 12.0. The summed E-state index contributed by atoms with van der Waals surface area (Å²) in [6, 6.07) is 0. The van der Waals surface area contributed by atoms with Gasteiger partial charge in [-0.1, -0.05) is 20.8 Å². The van der Waals surface area contributed by atoms with Gasteiger partial charge in [0.2, 0.25) is 5.91 Å². The van der Waals surface area contributed by atoms with Gasteiger partial charge in [-0.15, -0.1) is 0 Å². The van der Waals surface area contributed by atoms with Gasteiger partial charge in [0.25, 0.3) is 0 Å². The average Bonchev–Trinajstić information content (AvgIpc) is 2.33. The van der Waals surface area contributed by atoms with Crippen LogP contribution in [0, 0.1) is 5.41 Å². The fourth-order valence-corrected chi connectivity index (χ4v) is 3.11. The smallest absolute Gasteiger partial charge is 0.223 e. The van der Waals surface area contributed by atoms with Gasteiger partial charge in [0, 0.05) is 44.9 Å². The molecular weight excluding hydrogens is 272 g/mol. The number of carbonyl (C=O) groups excluding carboxylic acids is 2. The summed E-state index contributed by atoms with van der Waals surface area (Å²) in [4.78, 5) is 27.3. The van der Waals surface area contributed by atoms with E-state index in [1.807, 2.05) is 4.90 Å².